The number of hydrogen-bond acceptors (Lipinski definition) is 7. The predicted molar refractivity (Wildman–Crippen MR) is 119 cm³/mol. The Labute approximate surface area is 182 Å². The number of amides is 1. The second-order valence-corrected chi connectivity index (χ2v) is 8.07. The molecule has 1 aromatic rings. The number of nitriles is 1. The van der Waals surface area contributed by atoms with Crippen molar-refractivity contribution in [1.29, 1.82) is 5.26 Å². The molecule has 172 valence electrons. The Morgan fingerprint density at radius 2 is 2.00 bits per heavy atom. The summed E-state index contributed by atoms with van der Waals surface area (Å²) in [5.74, 6) is -0.347. The molecule has 0 bridgehead atoms. The zero-order chi connectivity index (χ0) is 22.9. The molecule has 1 amide bonds. The average Bonchev–Trinajstić information content (AvgIpc) is 2.97. The van der Waals surface area contributed by atoms with Gasteiger partial charge in [-0.05, 0) is 19.3 Å². The van der Waals surface area contributed by atoms with Crippen LogP contribution in [0.4, 0.5) is 11.5 Å². The highest BCUT2D eigenvalue weighted by Crippen LogP contribution is 2.26. The fourth-order valence-electron chi connectivity index (χ4n) is 3.97. The van der Waals surface area contributed by atoms with E-state index in [9.17, 15) is 19.6 Å². The van der Waals surface area contributed by atoms with Crippen molar-refractivity contribution < 1.29 is 9.53 Å². The van der Waals surface area contributed by atoms with E-state index in [2.05, 4.69) is 16.4 Å². The number of ether oxygens (including phenoxy) is 1. The summed E-state index contributed by atoms with van der Waals surface area (Å²) in [5, 5.41) is 12.6. The maximum atomic E-state index is 12.9. The third kappa shape index (κ3) is 6.34. The Hall–Kier alpha value is -2.80. The summed E-state index contributed by atoms with van der Waals surface area (Å²) in [4.78, 5) is 41.6. The van der Waals surface area contributed by atoms with Gasteiger partial charge in [-0.25, -0.2) is 4.79 Å². The molecule has 4 N–H and O–H groups in total. The van der Waals surface area contributed by atoms with Crippen molar-refractivity contribution >= 4 is 17.4 Å². The van der Waals surface area contributed by atoms with Crippen LogP contribution in [-0.2, 0) is 16.1 Å². The van der Waals surface area contributed by atoms with Crippen molar-refractivity contribution in [2.45, 2.75) is 70.4 Å². The first-order chi connectivity index (χ1) is 14.9. The lowest BCUT2D eigenvalue weighted by atomic mass is 9.92. The Morgan fingerprint density at radius 1 is 1.32 bits per heavy atom. The smallest absolute Gasteiger partial charge is 0.330 e. The number of anilines is 2. The number of unbranched alkanes of at least 4 members (excludes halogenated alkanes) is 1. The van der Waals surface area contributed by atoms with E-state index >= 15 is 0 Å². The molecule has 1 heterocycles. The lowest BCUT2D eigenvalue weighted by Gasteiger charge is -2.30. The summed E-state index contributed by atoms with van der Waals surface area (Å²) in [5.41, 5.74) is 4.16. The third-order valence-corrected chi connectivity index (χ3v) is 5.72. The minimum absolute atomic E-state index is 0.0237. The van der Waals surface area contributed by atoms with Gasteiger partial charge in [0.25, 0.3) is 5.56 Å². The predicted octanol–water partition coefficient (Wildman–Crippen LogP) is 1.10. The number of nitrogen functional groups attached to an aromatic ring is 1. The molecule has 0 atom stereocenters. The van der Waals surface area contributed by atoms with Crippen LogP contribution in [0, 0.1) is 11.3 Å². The number of aromatic amines is 1. The standard InChI is InChI=1S/C21H34N6O4/c1-3-4-11-27-18(23)17(19(29)24-20(27)30)26(12-13-31-2)14-16(28)25-21(15-22)9-7-5-6-8-10-21/h3-14,23H2,1-2H3,(H,25,28)(H,24,29,30). The molecule has 31 heavy (non-hydrogen) atoms. The number of carbonyl (C=O) groups is 1. The van der Waals surface area contributed by atoms with Gasteiger partial charge in [-0.3, -0.25) is 19.1 Å². The lowest BCUT2D eigenvalue weighted by molar-refractivity contribution is -0.121. The minimum atomic E-state index is -0.890. The van der Waals surface area contributed by atoms with E-state index in [1.807, 2.05) is 6.92 Å². The lowest BCUT2D eigenvalue weighted by Crippen LogP contribution is -2.51. The van der Waals surface area contributed by atoms with Crippen LogP contribution in [0.2, 0.25) is 0 Å². The fraction of sp³-hybridized carbons (Fsp3) is 0.714. The van der Waals surface area contributed by atoms with Gasteiger partial charge >= 0.3 is 5.69 Å². The van der Waals surface area contributed by atoms with Gasteiger partial charge in [-0.15, -0.1) is 0 Å². The average molecular weight is 435 g/mol. The van der Waals surface area contributed by atoms with E-state index in [-0.39, 0.29) is 37.1 Å². The van der Waals surface area contributed by atoms with Crippen LogP contribution in [0.1, 0.15) is 58.3 Å². The van der Waals surface area contributed by atoms with E-state index in [1.165, 1.54) is 16.6 Å². The van der Waals surface area contributed by atoms with Gasteiger partial charge in [0.2, 0.25) is 5.91 Å². The third-order valence-electron chi connectivity index (χ3n) is 5.72. The topological polar surface area (TPSA) is 146 Å². The van der Waals surface area contributed by atoms with Crippen LogP contribution in [0.15, 0.2) is 9.59 Å². The first-order valence-electron chi connectivity index (χ1n) is 11.0. The van der Waals surface area contributed by atoms with Gasteiger partial charge in [-0.1, -0.05) is 39.0 Å². The zero-order valence-corrected chi connectivity index (χ0v) is 18.5. The molecule has 2 rings (SSSR count). The normalized spacial score (nSPS) is 15.6. The van der Waals surface area contributed by atoms with E-state index in [1.54, 1.807) is 0 Å². The molecule has 1 aliphatic carbocycles. The number of H-pyrrole nitrogens is 1. The van der Waals surface area contributed by atoms with Crippen LogP contribution >= 0.6 is 0 Å². The van der Waals surface area contributed by atoms with Gasteiger partial charge in [0.15, 0.2) is 0 Å². The molecule has 10 nitrogen and oxygen atoms in total. The van der Waals surface area contributed by atoms with E-state index in [0.717, 1.165) is 38.5 Å². The summed E-state index contributed by atoms with van der Waals surface area (Å²) in [7, 11) is 1.52. The van der Waals surface area contributed by atoms with Crippen LogP contribution in [-0.4, -0.2) is 47.8 Å². The van der Waals surface area contributed by atoms with E-state index in [4.69, 9.17) is 10.5 Å². The maximum Gasteiger partial charge on any atom is 0.330 e. The number of rotatable bonds is 10. The molecule has 0 aromatic carbocycles. The van der Waals surface area contributed by atoms with Crippen LogP contribution in [0.25, 0.3) is 0 Å². The molecule has 1 saturated carbocycles. The highest BCUT2D eigenvalue weighted by molar-refractivity contribution is 5.83. The van der Waals surface area contributed by atoms with Crippen LogP contribution in [0.5, 0.6) is 0 Å². The largest absolute Gasteiger partial charge is 0.383 e. The van der Waals surface area contributed by atoms with E-state index in [0.29, 0.717) is 19.4 Å². The SMILES string of the molecule is CCCCn1c(N)c(N(CCOC)CC(=O)NC2(C#N)CCCCCC2)c(=O)[nH]c1=O. The molecular formula is C21H34N6O4. The maximum absolute atomic E-state index is 12.9. The molecule has 1 fully saturated rings. The summed E-state index contributed by atoms with van der Waals surface area (Å²) in [6.07, 6.45) is 6.66. The number of nitrogens with zero attached hydrogens (tertiary/aromatic N) is 3. The zero-order valence-electron chi connectivity index (χ0n) is 18.5. The second-order valence-electron chi connectivity index (χ2n) is 8.07. The minimum Gasteiger partial charge on any atom is -0.383 e. The molecule has 0 saturated heterocycles. The first-order valence-corrected chi connectivity index (χ1v) is 11.0. The molecule has 0 radical (unpaired) electrons. The number of nitrogens with one attached hydrogen (secondary N) is 2. The molecule has 0 spiro atoms. The Balaban J connectivity index is 2.31. The van der Waals surface area contributed by atoms with Crippen molar-refractivity contribution in [3.05, 3.63) is 20.8 Å². The summed E-state index contributed by atoms with van der Waals surface area (Å²) in [6.45, 7) is 2.66. The number of nitrogens with two attached hydrogens (primary N) is 1. The summed E-state index contributed by atoms with van der Waals surface area (Å²) in [6, 6.07) is 2.29. The van der Waals surface area contributed by atoms with Gasteiger partial charge < -0.3 is 20.7 Å². The summed E-state index contributed by atoms with van der Waals surface area (Å²) < 4.78 is 6.45. The molecule has 0 unspecified atom stereocenters. The van der Waals surface area contributed by atoms with Gasteiger partial charge in [0, 0.05) is 20.2 Å². The molecule has 1 aliphatic rings. The number of methoxy groups -OCH3 is 1. The van der Waals surface area contributed by atoms with Gasteiger partial charge in [0.1, 0.15) is 17.0 Å². The highest BCUT2D eigenvalue weighted by Gasteiger charge is 2.33. The molecular weight excluding hydrogens is 400 g/mol. The van der Waals surface area contributed by atoms with Crippen molar-refractivity contribution in [2.24, 2.45) is 0 Å². The van der Waals surface area contributed by atoms with Crippen molar-refractivity contribution in [3.63, 3.8) is 0 Å². The molecule has 1 aromatic heterocycles. The Kier molecular flexibility index (Phi) is 9.12. The number of aromatic nitrogens is 2. The monoisotopic (exact) mass is 434 g/mol. The van der Waals surface area contributed by atoms with Gasteiger partial charge in [0.05, 0.1) is 19.2 Å². The first kappa shape index (κ1) is 24.5. The fourth-order valence-corrected chi connectivity index (χ4v) is 3.97. The second kappa shape index (κ2) is 11.6. The van der Waals surface area contributed by atoms with Crippen molar-refractivity contribution in [1.82, 2.24) is 14.9 Å². The molecule has 10 heteroatoms. The number of carbonyl (C=O) groups excluding carboxylic acids is 1. The Bertz CT molecular complexity index is 893. The number of hydrogen-bond donors (Lipinski definition) is 3. The quantitative estimate of drug-likeness (QED) is 0.467. The van der Waals surface area contributed by atoms with Crippen LogP contribution in [0.3, 0.4) is 0 Å². The molecule has 0 aliphatic heterocycles. The van der Waals surface area contributed by atoms with Crippen molar-refractivity contribution in [3.8, 4) is 6.07 Å². The highest BCUT2D eigenvalue weighted by atomic mass is 16.5. The van der Waals surface area contributed by atoms with Crippen LogP contribution < -0.4 is 27.2 Å². The van der Waals surface area contributed by atoms with E-state index < -0.39 is 16.8 Å². The Morgan fingerprint density at radius 3 is 2.58 bits per heavy atom. The van der Waals surface area contributed by atoms with Gasteiger partial charge in [-0.2, -0.15) is 5.26 Å². The summed E-state index contributed by atoms with van der Waals surface area (Å²) >= 11 is 0. The van der Waals surface area contributed by atoms with Crippen molar-refractivity contribution in [2.75, 3.05) is 37.4 Å².